The number of halogens is 2. The van der Waals surface area contributed by atoms with Crippen LogP contribution in [0.25, 0.3) is 0 Å². The summed E-state index contributed by atoms with van der Waals surface area (Å²) in [5, 5.41) is 4.29. The highest BCUT2D eigenvalue weighted by atomic mass is 79.9. The zero-order valence-corrected chi connectivity index (χ0v) is 13.0. The fourth-order valence-corrected chi connectivity index (χ4v) is 2.36. The van der Waals surface area contributed by atoms with Crippen LogP contribution < -0.4 is 5.32 Å². The number of hydrogen-bond acceptors (Lipinski definition) is 4. The molecule has 0 saturated heterocycles. The molecule has 0 aliphatic rings. The van der Waals surface area contributed by atoms with Gasteiger partial charge in [-0.1, -0.05) is 45.4 Å². The molecule has 2 rings (SSSR count). The predicted octanol–water partition coefficient (Wildman–Crippen LogP) is 4.67. The monoisotopic (exact) mass is 343 g/mol. The first-order chi connectivity index (χ1) is 8.58. The second kappa shape index (κ2) is 5.91. The van der Waals surface area contributed by atoms with Gasteiger partial charge in [0.25, 0.3) is 0 Å². The smallest absolute Gasteiger partial charge is 0.190 e. The summed E-state index contributed by atoms with van der Waals surface area (Å²) >= 11 is 10.9. The number of hydrogen-bond donors (Lipinski definition) is 1. The Bertz CT molecular complexity index is 577. The highest BCUT2D eigenvalue weighted by molar-refractivity contribution is 9.10. The van der Waals surface area contributed by atoms with Gasteiger partial charge in [0, 0.05) is 16.2 Å². The third kappa shape index (κ3) is 3.37. The van der Waals surface area contributed by atoms with Crippen molar-refractivity contribution in [2.45, 2.75) is 12.1 Å². The van der Waals surface area contributed by atoms with Crippen molar-refractivity contribution in [1.29, 1.82) is 0 Å². The van der Waals surface area contributed by atoms with E-state index in [1.54, 1.807) is 6.07 Å². The van der Waals surface area contributed by atoms with E-state index in [1.807, 2.05) is 31.4 Å². The van der Waals surface area contributed by atoms with Crippen LogP contribution in [0.1, 0.15) is 5.56 Å². The predicted molar refractivity (Wildman–Crippen MR) is 81.0 cm³/mol. The maximum atomic E-state index is 5.94. The Morgan fingerprint density at radius 2 is 2.06 bits per heavy atom. The Morgan fingerprint density at radius 1 is 1.28 bits per heavy atom. The highest BCUT2D eigenvalue weighted by Gasteiger charge is 2.04. The molecule has 0 bridgehead atoms. The molecule has 1 aromatic carbocycles. The minimum absolute atomic E-state index is 0.433. The minimum Gasteiger partial charge on any atom is -0.340 e. The lowest BCUT2D eigenvalue weighted by molar-refractivity contribution is 0.976. The SMILES string of the molecule is CSc1nc(Cl)cc(Nc2ccc(C)c(Br)c2)n1. The van der Waals surface area contributed by atoms with Crippen LogP contribution in [-0.2, 0) is 0 Å². The molecule has 1 aromatic heterocycles. The largest absolute Gasteiger partial charge is 0.340 e. The number of aryl methyl sites for hydroxylation is 1. The molecule has 0 aliphatic heterocycles. The molecule has 18 heavy (non-hydrogen) atoms. The quantitative estimate of drug-likeness (QED) is 0.499. The van der Waals surface area contributed by atoms with Crippen molar-refractivity contribution < 1.29 is 0 Å². The van der Waals surface area contributed by atoms with Crippen molar-refractivity contribution in [3.63, 3.8) is 0 Å². The molecule has 2 aromatic rings. The van der Waals surface area contributed by atoms with E-state index in [1.165, 1.54) is 17.3 Å². The summed E-state index contributed by atoms with van der Waals surface area (Å²) < 4.78 is 1.05. The first kappa shape index (κ1) is 13.6. The van der Waals surface area contributed by atoms with E-state index in [2.05, 4.69) is 31.2 Å². The zero-order valence-electron chi connectivity index (χ0n) is 9.87. The van der Waals surface area contributed by atoms with Crippen LogP contribution in [0.3, 0.4) is 0 Å². The van der Waals surface area contributed by atoms with E-state index in [0.29, 0.717) is 16.1 Å². The molecule has 94 valence electrons. The molecular formula is C12H11BrClN3S. The average molecular weight is 345 g/mol. The highest BCUT2D eigenvalue weighted by Crippen LogP contribution is 2.24. The van der Waals surface area contributed by atoms with E-state index in [0.717, 1.165) is 10.2 Å². The van der Waals surface area contributed by atoms with Crippen molar-refractivity contribution >= 4 is 50.8 Å². The number of thioether (sulfide) groups is 1. The summed E-state index contributed by atoms with van der Waals surface area (Å²) in [6.45, 7) is 2.04. The molecule has 0 atom stereocenters. The molecule has 3 nitrogen and oxygen atoms in total. The van der Waals surface area contributed by atoms with Gasteiger partial charge in [0.1, 0.15) is 11.0 Å². The molecule has 0 fully saturated rings. The molecule has 0 radical (unpaired) electrons. The molecular weight excluding hydrogens is 334 g/mol. The van der Waals surface area contributed by atoms with Gasteiger partial charge in [0.05, 0.1) is 0 Å². The summed E-state index contributed by atoms with van der Waals surface area (Å²) in [7, 11) is 0. The molecule has 1 heterocycles. The van der Waals surface area contributed by atoms with Crippen LogP contribution >= 0.6 is 39.3 Å². The number of rotatable bonds is 3. The molecule has 6 heteroatoms. The minimum atomic E-state index is 0.433. The van der Waals surface area contributed by atoms with E-state index in [9.17, 15) is 0 Å². The van der Waals surface area contributed by atoms with Crippen molar-refractivity contribution in [1.82, 2.24) is 9.97 Å². The molecule has 0 spiro atoms. The average Bonchev–Trinajstić information content (AvgIpc) is 2.33. The van der Waals surface area contributed by atoms with Crippen molar-refractivity contribution in [3.05, 3.63) is 39.5 Å². The maximum absolute atomic E-state index is 5.94. The Morgan fingerprint density at radius 3 is 2.72 bits per heavy atom. The van der Waals surface area contributed by atoms with Crippen LogP contribution in [-0.4, -0.2) is 16.2 Å². The Kier molecular flexibility index (Phi) is 4.48. The van der Waals surface area contributed by atoms with Gasteiger partial charge in [-0.2, -0.15) is 0 Å². The van der Waals surface area contributed by atoms with Crippen LogP contribution in [0.15, 0.2) is 33.9 Å². The second-order valence-corrected chi connectivity index (χ2v) is 5.67. The molecule has 0 saturated carbocycles. The zero-order chi connectivity index (χ0) is 13.1. The summed E-state index contributed by atoms with van der Waals surface area (Å²) in [4.78, 5) is 8.43. The van der Waals surface area contributed by atoms with Gasteiger partial charge in [-0.25, -0.2) is 9.97 Å². The fraction of sp³-hybridized carbons (Fsp3) is 0.167. The second-order valence-electron chi connectivity index (χ2n) is 3.65. The molecule has 1 N–H and O–H groups in total. The van der Waals surface area contributed by atoms with E-state index in [-0.39, 0.29) is 0 Å². The summed E-state index contributed by atoms with van der Waals surface area (Å²) in [5.74, 6) is 0.690. The first-order valence-corrected chi connectivity index (χ1v) is 7.60. The Hall–Kier alpha value is -0.780. The van der Waals surface area contributed by atoms with Gasteiger partial charge < -0.3 is 5.32 Å². The van der Waals surface area contributed by atoms with Crippen LogP contribution in [0.4, 0.5) is 11.5 Å². The van der Waals surface area contributed by atoms with Crippen molar-refractivity contribution in [2.75, 3.05) is 11.6 Å². The van der Waals surface area contributed by atoms with Gasteiger partial charge in [-0.15, -0.1) is 0 Å². The van der Waals surface area contributed by atoms with Gasteiger partial charge in [-0.05, 0) is 30.9 Å². The number of aromatic nitrogens is 2. The van der Waals surface area contributed by atoms with Gasteiger partial charge in [0.2, 0.25) is 0 Å². The third-order valence-electron chi connectivity index (χ3n) is 2.30. The van der Waals surface area contributed by atoms with E-state index in [4.69, 9.17) is 11.6 Å². The number of nitrogens with one attached hydrogen (secondary N) is 1. The normalized spacial score (nSPS) is 10.4. The van der Waals surface area contributed by atoms with Gasteiger partial charge in [-0.3, -0.25) is 0 Å². The topological polar surface area (TPSA) is 37.8 Å². The van der Waals surface area contributed by atoms with Crippen LogP contribution in [0.2, 0.25) is 5.15 Å². The number of benzene rings is 1. The van der Waals surface area contributed by atoms with Crippen molar-refractivity contribution in [3.8, 4) is 0 Å². The molecule has 0 aliphatic carbocycles. The fourth-order valence-electron chi connectivity index (χ4n) is 1.37. The summed E-state index contributed by atoms with van der Waals surface area (Å²) in [6, 6.07) is 7.73. The third-order valence-corrected chi connectivity index (χ3v) is 3.90. The van der Waals surface area contributed by atoms with Gasteiger partial charge in [0.15, 0.2) is 5.16 Å². The van der Waals surface area contributed by atoms with E-state index < -0.39 is 0 Å². The summed E-state index contributed by atoms with van der Waals surface area (Å²) in [5.41, 5.74) is 2.14. The number of nitrogens with zero attached hydrogens (tertiary/aromatic N) is 2. The maximum Gasteiger partial charge on any atom is 0.190 e. The standard InChI is InChI=1S/C12H11BrClN3S/c1-7-3-4-8(5-9(7)13)15-11-6-10(14)16-12(17-11)18-2/h3-6H,1-2H3,(H,15,16,17). The molecule has 0 unspecified atom stereocenters. The lowest BCUT2D eigenvalue weighted by Crippen LogP contribution is -1.97. The summed E-state index contributed by atoms with van der Waals surface area (Å²) in [6.07, 6.45) is 1.91. The number of anilines is 2. The van der Waals surface area contributed by atoms with Crippen molar-refractivity contribution in [2.24, 2.45) is 0 Å². The van der Waals surface area contributed by atoms with Crippen LogP contribution in [0, 0.1) is 6.92 Å². The van der Waals surface area contributed by atoms with Crippen LogP contribution in [0.5, 0.6) is 0 Å². The lowest BCUT2D eigenvalue weighted by atomic mass is 10.2. The van der Waals surface area contributed by atoms with Gasteiger partial charge >= 0.3 is 0 Å². The molecule has 0 amide bonds. The Labute approximate surface area is 124 Å². The van der Waals surface area contributed by atoms with E-state index >= 15 is 0 Å². The first-order valence-electron chi connectivity index (χ1n) is 5.20. The Balaban J connectivity index is 2.27. The lowest BCUT2D eigenvalue weighted by Gasteiger charge is -2.08.